The largest absolute Gasteiger partial charge is 0.444 e. The van der Waals surface area contributed by atoms with E-state index in [4.69, 9.17) is 4.74 Å². The Morgan fingerprint density at radius 1 is 1.30 bits per heavy atom. The zero-order chi connectivity index (χ0) is 16.4. The molecule has 1 amide bonds. The van der Waals surface area contributed by atoms with E-state index < -0.39 is 5.60 Å². The van der Waals surface area contributed by atoms with E-state index in [2.05, 4.69) is 34.9 Å². The second-order valence-corrected chi connectivity index (χ2v) is 7.47. The molecule has 1 saturated heterocycles. The highest BCUT2D eigenvalue weighted by atomic mass is 16.6. The first-order valence-corrected chi connectivity index (χ1v) is 8.45. The zero-order valence-electron chi connectivity index (χ0n) is 14.3. The van der Waals surface area contributed by atoms with Crippen LogP contribution in [0.25, 0.3) is 0 Å². The van der Waals surface area contributed by atoms with Gasteiger partial charge in [0, 0.05) is 31.7 Å². The molecule has 0 aliphatic carbocycles. The molecule has 2 aliphatic heterocycles. The van der Waals surface area contributed by atoms with E-state index in [-0.39, 0.29) is 6.09 Å². The maximum Gasteiger partial charge on any atom is 0.410 e. The third-order valence-corrected chi connectivity index (χ3v) is 4.33. The molecule has 0 saturated carbocycles. The molecule has 0 aromatic heterocycles. The number of carbonyl (C=O) groups excluding carboxylic acids is 1. The van der Waals surface area contributed by atoms with E-state index in [9.17, 15) is 4.79 Å². The van der Waals surface area contributed by atoms with Gasteiger partial charge < -0.3 is 20.3 Å². The van der Waals surface area contributed by atoms with Crippen molar-refractivity contribution in [1.29, 1.82) is 0 Å². The van der Waals surface area contributed by atoms with Gasteiger partial charge >= 0.3 is 6.09 Å². The topological polar surface area (TPSA) is 53.6 Å². The number of rotatable bonds is 2. The summed E-state index contributed by atoms with van der Waals surface area (Å²) in [5.41, 5.74) is 2.32. The van der Waals surface area contributed by atoms with E-state index in [1.807, 2.05) is 20.8 Å². The smallest absolute Gasteiger partial charge is 0.410 e. The number of nitrogens with zero attached hydrogens (tertiary/aromatic N) is 1. The maximum absolute atomic E-state index is 12.0. The number of ether oxygens (including phenoxy) is 1. The second kappa shape index (κ2) is 6.49. The number of likely N-dealkylation sites (tertiary alicyclic amines) is 1. The van der Waals surface area contributed by atoms with Crippen molar-refractivity contribution in [1.82, 2.24) is 15.5 Å². The van der Waals surface area contributed by atoms with Gasteiger partial charge in [-0.2, -0.15) is 0 Å². The zero-order valence-corrected chi connectivity index (χ0v) is 14.3. The van der Waals surface area contributed by atoms with Crippen molar-refractivity contribution in [2.45, 2.75) is 51.4 Å². The first kappa shape index (κ1) is 16.3. The van der Waals surface area contributed by atoms with Gasteiger partial charge in [-0.15, -0.1) is 0 Å². The Kier molecular flexibility index (Phi) is 4.60. The number of hydrogen-bond donors (Lipinski definition) is 2. The van der Waals surface area contributed by atoms with Crippen LogP contribution in [-0.4, -0.2) is 42.3 Å². The van der Waals surface area contributed by atoms with Crippen LogP contribution in [0.3, 0.4) is 0 Å². The molecule has 23 heavy (non-hydrogen) atoms. The van der Waals surface area contributed by atoms with Crippen molar-refractivity contribution in [3.05, 3.63) is 35.4 Å². The summed E-state index contributed by atoms with van der Waals surface area (Å²) in [4.78, 5) is 13.8. The molecule has 1 aromatic carbocycles. The summed E-state index contributed by atoms with van der Waals surface area (Å²) in [6.45, 7) is 9.08. The van der Waals surface area contributed by atoms with Crippen molar-refractivity contribution in [2.24, 2.45) is 0 Å². The number of fused-ring (bicyclic) bond motifs is 1. The summed E-state index contributed by atoms with van der Waals surface area (Å²) in [6.07, 6.45) is 0.860. The Morgan fingerprint density at radius 2 is 2.04 bits per heavy atom. The maximum atomic E-state index is 12.0. The molecule has 126 valence electrons. The summed E-state index contributed by atoms with van der Waals surface area (Å²) in [5.74, 6) is 0. The fraction of sp³-hybridized carbons (Fsp3) is 0.611. The predicted molar refractivity (Wildman–Crippen MR) is 90.2 cm³/mol. The molecule has 2 heterocycles. The van der Waals surface area contributed by atoms with Crippen LogP contribution in [-0.2, 0) is 11.3 Å². The van der Waals surface area contributed by atoms with Crippen molar-refractivity contribution < 1.29 is 9.53 Å². The monoisotopic (exact) mass is 317 g/mol. The van der Waals surface area contributed by atoms with Crippen LogP contribution < -0.4 is 10.6 Å². The van der Waals surface area contributed by atoms with E-state index in [0.717, 1.165) is 32.6 Å². The Balaban J connectivity index is 1.55. The molecular weight excluding hydrogens is 290 g/mol. The lowest BCUT2D eigenvalue weighted by molar-refractivity contribution is 0.00404. The fourth-order valence-electron chi connectivity index (χ4n) is 3.18. The summed E-state index contributed by atoms with van der Waals surface area (Å²) >= 11 is 0. The van der Waals surface area contributed by atoms with Crippen LogP contribution in [0.2, 0.25) is 0 Å². The average Bonchev–Trinajstić information content (AvgIpc) is 2.62. The SMILES string of the molecule is CC(C)(C)OC(=O)N1CC(NC2CCNCc3ccccc32)C1. The van der Waals surface area contributed by atoms with Crippen LogP contribution in [0, 0.1) is 0 Å². The average molecular weight is 317 g/mol. The molecule has 0 radical (unpaired) electrons. The molecule has 5 nitrogen and oxygen atoms in total. The minimum Gasteiger partial charge on any atom is -0.444 e. The molecule has 1 fully saturated rings. The van der Waals surface area contributed by atoms with Crippen LogP contribution in [0.4, 0.5) is 4.79 Å². The molecule has 5 heteroatoms. The van der Waals surface area contributed by atoms with Crippen molar-refractivity contribution in [3.63, 3.8) is 0 Å². The molecule has 1 unspecified atom stereocenters. The summed E-state index contributed by atoms with van der Waals surface area (Å²) in [7, 11) is 0. The van der Waals surface area contributed by atoms with Gasteiger partial charge in [-0.3, -0.25) is 0 Å². The molecule has 2 N–H and O–H groups in total. The molecule has 0 spiro atoms. The summed E-state index contributed by atoms with van der Waals surface area (Å²) in [6, 6.07) is 9.30. The predicted octanol–water partition coefficient (Wildman–Crippen LogP) is 2.43. The van der Waals surface area contributed by atoms with Gasteiger partial charge in [0.1, 0.15) is 5.60 Å². The van der Waals surface area contributed by atoms with Crippen LogP contribution in [0.15, 0.2) is 24.3 Å². The number of nitrogens with one attached hydrogen (secondary N) is 2. The van der Waals surface area contributed by atoms with Gasteiger partial charge in [-0.05, 0) is 44.9 Å². The van der Waals surface area contributed by atoms with Crippen LogP contribution >= 0.6 is 0 Å². The molecule has 3 rings (SSSR count). The van der Waals surface area contributed by atoms with E-state index in [1.165, 1.54) is 11.1 Å². The van der Waals surface area contributed by atoms with Gasteiger partial charge in [-0.1, -0.05) is 24.3 Å². The highest BCUT2D eigenvalue weighted by molar-refractivity contribution is 5.69. The normalized spacial score (nSPS) is 22.0. The minimum atomic E-state index is -0.429. The van der Waals surface area contributed by atoms with Crippen molar-refractivity contribution in [2.75, 3.05) is 19.6 Å². The number of hydrogen-bond acceptors (Lipinski definition) is 4. The number of amides is 1. The first-order valence-electron chi connectivity index (χ1n) is 8.45. The summed E-state index contributed by atoms with van der Waals surface area (Å²) < 4.78 is 5.41. The van der Waals surface area contributed by atoms with E-state index in [1.54, 1.807) is 4.90 Å². The second-order valence-electron chi connectivity index (χ2n) is 7.47. The third-order valence-electron chi connectivity index (χ3n) is 4.33. The standard InChI is InChI=1S/C18H27N3O2/c1-18(2,3)23-17(22)21-11-14(12-21)20-16-8-9-19-10-13-6-4-5-7-15(13)16/h4-7,14,16,19-20H,8-12H2,1-3H3. The lowest BCUT2D eigenvalue weighted by atomic mass is 9.97. The van der Waals surface area contributed by atoms with Gasteiger partial charge in [0.15, 0.2) is 0 Å². The fourth-order valence-corrected chi connectivity index (χ4v) is 3.18. The highest BCUT2D eigenvalue weighted by Gasteiger charge is 2.35. The summed E-state index contributed by atoms with van der Waals surface area (Å²) in [5, 5.41) is 7.18. The molecular formula is C18H27N3O2. The lowest BCUT2D eigenvalue weighted by Gasteiger charge is -2.42. The molecule has 2 aliphatic rings. The number of benzene rings is 1. The van der Waals surface area contributed by atoms with Crippen LogP contribution in [0.1, 0.15) is 44.4 Å². The van der Waals surface area contributed by atoms with Gasteiger partial charge in [0.05, 0.1) is 0 Å². The first-order chi connectivity index (χ1) is 10.9. The Labute approximate surface area is 138 Å². The Bertz CT molecular complexity index is 562. The van der Waals surface area contributed by atoms with E-state index in [0.29, 0.717) is 12.1 Å². The van der Waals surface area contributed by atoms with Crippen molar-refractivity contribution >= 4 is 6.09 Å². The van der Waals surface area contributed by atoms with Gasteiger partial charge in [0.2, 0.25) is 0 Å². The quantitative estimate of drug-likeness (QED) is 0.880. The lowest BCUT2D eigenvalue weighted by Crippen LogP contribution is -2.61. The third kappa shape index (κ3) is 4.03. The molecule has 1 atom stereocenters. The Hall–Kier alpha value is -1.59. The highest BCUT2D eigenvalue weighted by Crippen LogP contribution is 2.25. The minimum absolute atomic E-state index is 0.210. The number of carbonyl (C=O) groups is 1. The van der Waals surface area contributed by atoms with Crippen molar-refractivity contribution in [3.8, 4) is 0 Å². The van der Waals surface area contributed by atoms with Crippen LogP contribution in [0.5, 0.6) is 0 Å². The van der Waals surface area contributed by atoms with E-state index >= 15 is 0 Å². The van der Waals surface area contributed by atoms with Gasteiger partial charge in [0.25, 0.3) is 0 Å². The molecule has 0 bridgehead atoms. The molecule has 1 aromatic rings. The van der Waals surface area contributed by atoms with Gasteiger partial charge in [-0.25, -0.2) is 4.79 Å². The Morgan fingerprint density at radius 3 is 2.78 bits per heavy atom.